The summed E-state index contributed by atoms with van der Waals surface area (Å²) >= 11 is 12.0. The fraction of sp³-hybridized carbons (Fsp3) is 0.375. The number of nitrogens with zero attached hydrogens (tertiary/aromatic N) is 3. The molecule has 1 aromatic heterocycles. The highest BCUT2D eigenvalue weighted by Crippen LogP contribution is 2.28. The van der Waals surface area contributed by atoms with Crippen LogP contribution in [0.25, 0.3) is 10.9 Å². The van der Waals surface area contributed by atoms with Crippen LogP contribution >= 0.6 is 23.2 Å². The molecule has 8 heteroatoms. The smallest absolute Gasteiger partial charge is 0.253 e. The van der Waals surface area contributed by atoms with E-state index in [4.69, 9.17) is 27.9 Å². The van der Waals surface area contributed by atoms with Crippen LogP contribution in [0.3, 0.4) is 0 Å². The van der Waals surface area contributed by atoms with Crippen molar-refractivity contribution >= 4 is 40.0 Å². The zero-order chi connectivity index (χ0) is 22.5. The number of rotatable bonds is 7. The summed E-state index contributed by atoms with van der Waals surface area (Å²) < 4.78 is 6.07. The van der Waals surface area contributed by atoms with Gasteiger partial charge in [-0.1, -0.05) is 48.3 Å². The van der Waals surface area contributed by atoms with E-state index in [2.05, 4.69) is 27.3 Å². The molecule has 1 fully saturated rings. The average Bonchev–Trinajstić information content (AvgIpc) is 2.81. The fourth-order valence-corrected chi connectivity index (χ4v) is 4.30. The van der Waals surface area contributed by atoms with Crippen molar-refractivity contribution in [3.63, 3.8) is 0 Å². The number of aromatic nitrogens is 2. The monoisotopic (exact) mass is 472 g/mol. The van der Waals surface area contributed by atoms with Crippen LogP contribution < -0.4 is 10.1 Å². The lowest BCUT2D eigenvalue weighted by atomic mass is 10.0. The van der Waals surface area contributed by atoms with Crippen LogP contribution in [0.5, 0.6) is 5.75 Å². The van der Waals surface area contributed by atoms with Crippen molar-refractivity contribution < 1.29 is 9.53 Å². The minimum Gasteiger partial charge on any atom is -0.490 e. The number of piperidine rings is 1. The number of carbonyl (C=O) groups is 1. The molecule has 3 aromatic rings. The highest BCUT2D eigenvalue weighted by Gasteiger charge is 2.22. The number of carbonyl (C=O) groups excluding carboxylic acids is 1. The van der Waals surface area contributed by atoms with Crippen molar-refractivity contribution in [3.8, 4) is 5.75 Å². The lowest BCUT2D eigenvalue weighted by molar-refractivity contribution is 0.0886. The first kappa shape index (κ1) is 22.8. The molecule has 2 aromatic carbocycles. The van der Waals surface area contributed by atoms with Gasteiger partial charge in [0.2, 0.25) is 0 Å². The molecule has 168 valence electrons. The second kappa shape index (κ2) is 10.5. The number of ether oxygens (including phenoxy) is 1. The van der Waals surface area contributed by atoms with Crippen LogP contribution in [0.1, 0.15) is 30.1 Å². The summed E-state index contributed by atoms with van der Waals surface area (Å²) in [6, 6.07) is 12.9. The minimum atomic E-state index is -0.114. The third kappa shape index (κ3) is 5.68. The van der Waals surface area contributed by atoms with Gasteiger partial charge in [0.25, 0.3) is 5.91 Å². The van der Waals surface area contributed by atoms with Gasteiger partial charge in [0, 0.05) is 37.6 Å². The van der Waals surface area contributed by atoms with Crippen LogP contribution in [0.4, 0.5) is 0 Å². The SMILES string of the molecule is C[C@H](CNC(=O)c1cnnc2ccccc12)CN1CCC(Oc2ccc(Cl)c(Cl)c2)CC1. The fourth-order valence-electron chi connectivity index (χ4n) is 4.01. The second-order valence-corrected chi connectivity index (χ2v) is 9.10. The van der Waals surface area contributed by atoms with Crippen LogP contribution in [-0.4, -0.2) is 53.3 Å². The molecule has 1 saturated heterocycles. The zero-order valence-corrected chi connectivity index (χ0v) is 19.4. The summed E-state index contributed by atoms with van der Waals surface area (Å²) in [6.45, 7) is 5.61. The molecule has 1 aliphatic rings. The van der Waals surface area contributed by atoms with Crippen molar-refractivity contribution in [3.05, 3.63) is 64.3 Å². The Morgan fingerprint density at radius 3 is 2.75 bits per heavy atom. The van der Waals surface area contributed by atoms with Gasteiger partial charge in [0.05, 0.1) is 27.3 Å². The molecular weight excluding hydrogens is 447 g/mol. The topological polar surface area (TPSA) is 67.4 Å². The number of benzene rings is 2. The Labute approximate surface area is 197 Å². The predicted molar refractivity (Wildman–Crippen MR) is 128 cm³/mol. The van der Waals surface area contributed by atoms with Crippen molar-refractivity contribution in [1.29, 1.82) is 0 Å². The molecule has 32 heavy (non-hydrogen) atoms. The number of fused-ring (bicyclic) bond motifs is 1. The molecular formula is C24H26Cl2N4O2. The first-order valence-electron chi connectivity index (χ1n) is 10.8. The highest BCUT2D eigenvalue weighted by atomic mass is 35.5. The Balaban J connectivity index is 1.22. The van der Waals surface area contributed by atoms with Crippen molar-refractivity contribution in [2.45, 2.75) is 25.9 Å². The van der Waals surface area contributed by atoms with E-state index in [1.807, 2.05) is 30.3 Å². The summed E-state index contributed by atoms with van der Waals surface area (Å²) in [5.74, 6) is 0.969. The maximum absolute atomic E-state index is 12.7. The molecule has 0 bridgehead atoms. The van der Waals surface area contributed by atoms with Crippen LogP contribution in [0, 0.1) is 5.92 Å². The zero-order valence-electron chi connectivity index (χ0n) is 17.9. The van der Waals surface area contributed by atoms with Gasteiger partial charge in [-0.05, 0) is 37.0 Å². The first-order chi connectivity index (χ1) is 15.5. The van der Waals surface area contributed by atoms with Gasteiger partial charge >= 0.3 is 0 Å². The molecule has 1 amide bonds. The Kier molecular flexibility index (Phi) is 7.45. The quantitative estimate of drug-likeness (QED) is 0.532. The van der Waals surface area contributed by atoms with Crippen molar-refractivity contribution in [2.24, 2.45) is 5.92 Å². The molecule has 1 atom stereocenters. The third-order valence-corrected chi connectivity index (χ3v) is 6.44. The molecule has 4 rings (SSSR count). The number of hydrogen-bond donors (Lipinski definition) is 1. The third-order valence-electron chi connectivity index (χ3n) is 5.70. The standard InChI is InChI=1S/C24H26Cl2N4O2/c1-16(13-27-24(31)20-14-28-29-23-5-3-2-4-19(20)23)15-30-10-8-17(9-11-30)32-18-6-7-21(25)22(26)12-18/h2-7,12,14,16-17H,8-11,13,15H2,1H3,(H,27,31)/t16-/m1/s1. The summed E-state index contributed by atoms with van der Waals surface area (Å²) in [4.78, 5) is 15.1. The number of hydrogen-bond acceptors (Lipinski definition) is 5. The van der Waals surface area contributed by atoms with Gasteiger partial charge in [0.15, 0.2) is 0 Å². The number of halogens is 2. The van der Waals surface area contributed by atoms with E-state index in [9.17, 15) is 4.79 Å². The van der Waals surface area contributed by atoms with E-state index in [0.29, 0.717) is 28.1 Å². The number of nitrogens with one attached hydrogen (secondary N) is 1. The van der Waals surface area contributed by atoms with Crippen molar-refractivity contribution in [2.75, 3.05) is 26.2 Å². The summed E-state index contributed by atoms with van der Waals surface area (Å²) in [7, 11) is 0. The summed E-state index contributed by atoms with van der Waals surface area (Å²) in [5, 5.41) is 12.9. The maximum Gasteiger partial charge on any atom is 0.253 e. The van der Waals surface area contributed by atoms with Gasteiger partial charge in [-0.25, -0.2) is 0 Å². The van der Waals surface area contributed by atoms with Gasteiger partial charge < -0.3 is 15.0 Å². The Morgan fingerprint density at radius 2 is 1.97 bits per heavy atom. The largest absolute Gasteiger partial charge is 0.490 e. The Morgan fingerprint density at radius 1 is 1.19 bits per heavy atom. The van der Waals surface area contributed by atoms with Crippen molar-refractivity contribution in [1.82, 2.24) is 20.4 Å². The van der Waals surface area contributed by atoms with Gasteiger partial charge in [0.1, 0.15) is 11.9 Å². The van der Waals surface area contributed by atoms with Crippen LogP contribution in [-0.2, 0) is 0 Å². The Hall–Kier alpha value is -2.41. The minimum absolute atomic E-state index is 0.114. The average molecular weight is 473 g/mol. The molecule has 2 heterocycles. The lowest BCUT2D eigenvalue weighted by Gasteiger charge is -2.33. The van der Waals surface area contributed by atoms with E-state index in [-0.39, 0.29) is 12.0 Å². The normalized spacial score (nSPS) is 16.1. The number of likely N-dealkylation sites (tertiary alicyclic amines) is 1. The second-order valence-electron chi connectivity index (χ2n) is 8.28. The molecule has 0 aliphatic carbocycles. The van der Waals surface area contributed by atoms with Gasteiger partial charge in [-0.2, -0.15) is 10.2 Å². The van der Waals surface area contributed by atoms with E-state index < -0.39 is 0 Å². The van der Waals surface area contributed by atoms with E-state index in [1.54, 1.807) is 12.1 Å². The van der Waals surface area contributed by atoms with Gasteiger partial charge in [-0.3, -0.25) is 4.79 Å². The van der Waals surface area contributed by atoms with Crippen LogP contribution in [0.15, 0.2) is 48.7 Å². The van der Waals surface area contributed by atoms with E-state index >= 15 is 0 Å². The molecule has 0 spiro atoms. The molecule has 6 nitrogen and oxygen atoms in total. The van der Waals surface area contributed by atoms with Crippen LogP contribution in [0.2, 0.25) is 10.0 Å². The summed E-state index contributed by atoms with van der Waals surface area (Å²) in [6.07, 6.45) is 3.61. The summed E-state index contributed by atoms with van der Waals surface area (Å²) in [5.41, 5.74) is 1.28. The first-order valence-corrected chi connectivity index (χ1v) is 11.6. The molecule has 1 aliphatic heterocycles. The van der Waals surface area contributed by atoms with E-state index in [0.717, 1.165) is 49.1 Å². The van der Waals surface area contributed by atoms with E-state index in [1.165, 1.54) is 6.20 Å². The molecule has 0 saturated carbocycles. The lowest BCUT2D eigenvalue weighted by Crippen LogP contribution is -2.42. The van der Waals surface area contributed by atoms with Gasteiger partial charge in [-0.15, -0.1) is 0 Å². The molecule has 0 radical (unpaired) electrons. The predicted octanol–water partition coefficient (Wildman–Crippen LogP) is 4.85. The highest BCUT2D eigenvalue weighted by molar-refractivity contribution is 6.42. The molecule has 1 N–H and O–H groups in total. The number of amides is 1. The molecule has 0 unspecified atom stereocenters. The Bertz CT molecular complexity index is 1080. The maximum atomic E-state index is 12.7.